The fourth-order valence-electron chi connectivity index (χ4n) is 1.15. The highest BCUT2D eigenvalue weighted by Gasteiger charge is 2.33. The largest absolute Gasteiger partial charge is 0.418 e. The van der Waals surface area contributed by atoms with E-state index in [0.717, 1.165) is 18.2 Å². The molecule has 0 aliphatic heterocycles. The molecule has 0 aliphatic rings. The van der Waals surface area contributed by atoms with Crippen LogP contribution in [0.2, 0.25) is 0 Å². The maximum Gasteiger partial charge on any atom is 0.418 e. The van der Waals surface area contributed by atoms with Crippen molar-refractivity contribution in [1.29, 1.82) is 0 Å². The Bertz CT molecular complexity index is 445. The number of benzene rings is 1. The van der Waals surface area contributed by atoms with Crippen molar-refractivity contribution in [1.82, 2.24) is 0 Å². The fraction of sp³-hybridized carbons (Fsp3) is 0.222. The molecular formula is C9H7F3N2O3. The van der Waals surface area contributed by atoms with Gasteiger partial charge in [-0.1, -0.05) is 12.1 Å². The number of nitrogens with zero attached hydrogens (tertiary/aromatic N) is 1. The lowest BCUT2D eigenvalue weighted by atomic mass is 10.1. The Balaban J connectivity index is 2.92. The first-order valence-electron chi connectivity index (χ1n) is 4.38. The number of carbonyl (C=O) groups excluding carboxylic acids is 1. The van der Waals surface area contributed by atoms with Gasteiger partial charge in [0.1, 0.15) is 0 Å². The average molecular weight is 248 g/mol. The number of amides is 1. The second kappa shape index (κ2) is 4.81. The summed E-state index contributed by atoms with van der Waals surface area (Å²) in [7, 11) is 0. The third kappa shape index (κ3) is 3.74. The van der Waals surface area contributed by atoms with Crippen molar-refractivity contribution in [2.75, 3.05) is 11.9 Å². The zero-order chi connectivity index (χ0) is 13.1. The molecule has 0 saturated heterocycles. The smallest absolute Gasteiger partial charge is 0.320 e. The topological polar surface area (TPSA) is 72.2 Å². The van der Waals surface area contributed by atoms with Gasteiger partial charge in [0.2, 0.25) is 0 Å². The molecule has 92 valence electrons. The van der Waals surface area contributed by atoms with Crippen molar-refractivity contribution < 1.29 is 22.9 Å². The van der Waals surface area contributed by atoms with Gasteiger partial charge in [-0.3, -0.25) is 14.9 Å². The quantitative estimate of drug-likeness (QED) is 0.656. The predicted octanol–water partition coefficient (Wildman–Crippen LogP) is 1.92. The first-order chi connectivity index (χ1) is 7.80. The van der Waals surface area contributed by atoms with Crippen molar-refractivity contribution in [2.24, 2.45) is 0 Å². The maximum atomic E-state index is 12.5. The highest BCUT2D eigenvalue weighted by atomic mass is 19.4. The van der Waals surface area contributed by atoms with Crippen LogP contribution in [0.3, 0.4) is 0 Å². The molecule has 0 saturated carbocycles. The molecule has 0 aliphatic carbocycles. The Morgan fingerprint density at radius 1 is 1.35 bits per heavy atom. The van der Waals surface area contributed by atoms with Crippen LogP contribution in [0, 0.1) is 10.1 Å². The van der Waals surface area contributed by atoms with Crippen LogP contribution in [-0.4, -0.2) is 17.4 Å². The Labute approximate surface area is 93.4 Å². The molecule has 0 fully saturated rings. The van der Waals surface area contributed by atoms with E-state index in [2.05, 4.69) is 0 Å². The summed E-state index contributed by atoms with van der Waals surface area (Å²) >= 11 is 0. The fourth-order valence-corrected chi connectivity index (χ4v) is 1.15. The third-order valence-corrected chi connectivity index (χ3v) is 1.78. The standard InChI is InChI=1S/C9H7F3N2O3/c10-9(11,12)6-3-1-2-4-7(6)13-8(15)5-14(16)17/h1-4H,5H2,(H,13,15). The summed E-state index contributed by atoms with van der Waals surface area (Å²) in [5.74, 6) is -1.10. The Morgan fingerprint density at radius 2 is 1.94 bits per heavy atom. The molecule has 0 unspecified atom stereocenters. The van der Waals surface area contributed by atoms with Crippen LogP contribution >= 0.6 is 0 Å². The summed E-state index contributed by atoms with van der Waals surface area (Å²) in [5, 5.41) is 11.9. The molecule has 17 heavy (non-hydrogen) atoms. The summed E-state index contributed by atoms with van der Waals surface area (Å²) in [4.78, 5) is 20.1. The van der Waals surface area contributed by atoms with Crippen molar-refractivity contribution in [2.45, 2.75) is 6.18 Å². The second-order valence-electron chi connectivity index (χ2n) is 3.08. The summed E-state index contributed by atoms with van der Waals surface area (Å²) in [6, 6.07) is 4.26. The molecule has 0 spiro atoms. The molecule has 1 amide bonds. The number of nitro groups is 1. The zero-order valence-electron chi connectivity index (χ0n) is 8.32. The first-order valence-corrected chi connectivity index (χ1v) is 4.38. The van der Waals surface area contributed by atoms with Crippen molar-refractivity contribution in [3.63, 3.8) is 0 Å². The van der Waals surface area contributed by atoms with Crippen LogP contribution in [0.25, 0.3) is 0 Å². The van der Waals surface area contributed by atoms with Gasteiger partial charge in [0.05, 0.1) is 11.3 Å². The van der Waals surface area contributed by atoms with Crippen LogP contribution in [0.4, 0.5) is 18.9 Å². The molecule has 1 aromatic carbocycles. The number of hydrogen-bond donors (Lipinski definition) is 1. The lowest BCUT2D eigenvalue weighted by molar-refractivity contribution is -0.467. The molecule has 1 rings (SSSR count). The van der Waals surface area contributed by atoms with E-state index in [9.17, 15) is 28.1 Å². The highest BCUT2D eigenvalue weighted by Crippen LogP contribution is 2.34. The molecular weight excluding hydrogens is 241 g/mol. The monoisotopic (exact) mass is 248 g/mol. The van der Waals surface area contributed by atoms with Crippen LogP contribution in [0.1, 0.15) is 5.56 Å². The summed E-state index contributed by atoms with van der Waals surface area (Å²) in [6.07, 6.45) is -4.63. The van der Waals surface area contributed by atoms with Gasteiger partial charge >= 0.3 is 6.18 Å². The highest BCUT2D eigenvalue weighted by molar-refractivity contribution is 5.92. The molecule has 1 N–H and O–H groups in total. The number of rotatable bonds is 3. The molecule has 0 heterocycles. The number of hydrogen-bond acceptors (Lipinski definition) is 3. The third-order valence-electron chi connectivity index (χ3n) is 1.78. The van der Waals surface area contributed by atoms with E-state index >= 15 is 0 Å². The normalized spacial score (nSPS) is 11.0. The van der Waals surface area contributed by atoms with E-state index in [1.165, 1.54) is 6.07 Å². The Kier molecular flexibility index (Phi) is 3.66. The zero-order valence-corrected chi connectivity index (χ0v) is 8.32. The van der Waals surface area contributed by atoms with Gasteiger partial charge in [-0.15, -0.1) is 0 Å². The van der Waals surface area contributed by atoms with E-state index in [1.54, 1.807) is 0 Å². The molecule has 0 atom stereocenters. The molecule has 1 aromatic rings. The van der Waals surface area contributed by atoms with Crippen molar-refractivity contribution >= 4 is 11.6 Å². The van der Waals surface area contributed by atoms with Gasteiger partial charge in [0.25, 0.3) is 12.5 Å². The Morgan fingerprint density at radius 3 is 2.47 bits per heavy atom. The molecule has 5 nitrogen and oxygen atoms in total. The van der Waals surface area contributed by atoms with E-state index in [-0.39, 0.29) is 0 Å². The van der Waals surface area contributed by atoms with E-state index in [4.69, 9.17) is 0 Å². The SMILES string of the molecule is O=C(C[N+](=O)[O-])Nc1ccccc1C(F)(F)F. The Hall–Kier alpha value is -2.12. The van der Waals surface area contributed by atoms with Crippen LogP contribution in [0.5, 0.6) is 0 Å². The number of para-hydroxylation sites is 1. The van der Waals surface area contributed by atoms with E-state index in [1.807, 2.05) is 5.32 Å². The number of alkyl halides is 3. The minimum atomic E-state index is -4.63. The van der Waals surface area contributed by atoms with Gasteiger partial charge in [-0.25, -0.2) is 0 Å². The molecule has 0 radical (unpaired) electrons. The molecule has 8 heteroatoms. The number of anilines is 1. The summed E-state index contributed by atoms with van der Waals surface area (Å²) < 4.78 is 37.4. The minimum absolute atomic E-state index is 0.494. The lowest BCUT2D eigenvalue weighted by Crippen LogP contribution is -2.23. The van der Waals surface area contributed by atoms with E-state index < -0.39 is 34.8 Å². The number of halogens is 3. The van der Waals surface area contributed by atoms with Gasteiger partial charge in [0, 0.05) is 4.92 Å². The van der Waals surface area contributed by atoms with Gasteiger partial charge < -0.3 is 5.32 Å². The number of nitrogens with one attached hydrogen (secondary N) is 1. The maximum absolute atomic E-state index is 12.5. The average Bonchev–Trinajstić information content (AvgIpc) is 2.15. The van der Waals surface area contributed by atoms with Crippen LogP contribution in [0.15, 0.2) is 24.3 Å². The van der Waals surface area contributed by atoms with Gasteiger partial charge in [-0.2, -0.15) is 13.2 Å². The van der Waals surface area contributed by atoms with Crippen molar-refractivity contribution in [3.8, 4) is 0 Å². The van der Waals surface area contributed by atoms with Gasteiger partial charge in [-0.05, 0) is 12.1 Å². The molecule has 0 aromatic heterocycles. The first kappa shape index (κ1) is 12.9. The summed E-state index contributed by atoms with van der Waals surface area (Å²) in [5.41, 5.74) is -1.54. The van der Waals surface area contributed by atoms with Crippen molar-refractivity contribution in [3.05, 3.63) is 39.9 Å². The van der Waals surface area contributed by atoms with Crippen LogP contribution in [-0.2, 0) is 11.0 Å². The summed E-state index contributed by atoms with van der Waals surface area (Å²) in [6.45, 7) is -1.08. The van der Waals surface area contributed by atoms with E-state index in [0.29, 0.717) is 0 Å². The minimum Gasteiger partial charge on any atom is -0.320 e. The number of carbonyl (C=O) groups is 1. The second-order valence-corrected chi connectivity index (χ2v) is 3.08. The van der Waals surface area contributed by atoms with Gasteiger partial charge in [0.15, 0.2) is 0 Å². The van der Waals surface area contributed by atoms with Crippen LogP contribution < -0.4 is 5.32 Å². The predicted molar refractivity (Wildman–Crippen MR) is 51.9 cm³/mol. The lowest BCUT2D eigenvalue weighted by Gasteiger charge is -2.12. The molecule has 0 bridgehead atoms.